The second-order valence-corrected chi connectivity index (χ2v) is 6.35. The highest BCUT2D eigenvalue weighted by atomic mass is 15.3. The first-order chi connectivity index (χ1) is 12.3. The fourth-order valence-electron chi connectivity index (χ4n) is 3.15. The van der Waals surface area contributed by atoms with Gasteiger partial charge < -0.3 is 10.2 Å². The van der Waals surface area contributed by atoms with Gasteiger partial charge in [0, 0.05) is 43.8 Å². The maximum Gasteiger partial charge on any atom is 0.227 e. The average Bonchev–Trinajstić information content (AvgIpc) is 2.66. The van der Waals surface area contributed by atoms with Crippen molar-refractivity contribution < 1.29 is 0 Å². The molecule has 0 bridgehead atoms. The zero-order valence-electron chi connectivity index (χ0n) is 14.3. The van der Waals surface area contributed by atoms with Crippen LogP contribution >= 0.6 is 0 Å². The van der Waals surface area contributed by atoms with E-state index < -0.39 is 0 Å². The lowest BCUT2D eigenvalue weighted by atomic mass is 10.0. The van der Waals surface area contributed by atoms with E-state index in [0.29, 0.717) is 6.54 Å². The Morgan fingerprint density at radius 2 is 1.96 bits per heavy atom. The van der Waals surface area contributed by atoms with Crippen LogP contribution in [0.15, 0.2) is 54.9 Å². The summed E-state index contributed by atoms with van der Waals surface area (Å²) in [5, 5.41) is 3.38. The minimum Gasteiger partial charge on any atom is -0.366 e. The van der Waals surface area contributed by atoms with Crippen LogP contribution in [0.2, 0.25) is 0 Å². The molecule has 0 amide bonds. The maximum atomic E-state index is 4.73. The molecule has 25 heavy (non-hydrogen) atoms. The normalized spacial score (nSPS) is 13.4. The molecule has 0 spiro atoms. The number of nitrogens with one attached hydrogen (secondary N) is 1. The summed E-state index contributed by atoms with van der Waals surface area (Å²) in [6.45, 7) is 4.52. The third kappa shape index (κ3) is 3.60. The van der Waals surface area contributed by atoms with Crippen LogP contribution < -0.4 is 10.2 Å². The summed E-state index contributed by atoms with van der Waals surface area (Å²) in [6.07, 6.45) is 4.68. The van der Waals surface area contributed by atoms with Gasteiger partial charge in [0.1, 0.15) is 5.82 Å². The van der Waals surface area contributed by atoms with Gasteiger partial charge in [-0.05, 0) is 36.1 Å². The fraction of sp³-hybridized carbons (Fsp3) is 0.250. The van der Waals surface area contributed by atoms with Crippen molar-refractivity contribution >= 4 is 11.8 Å². The molecule has 0 unspecified atom stereocenters. The van der Waals surface area contributed by atoms with Crippen molar-refractivity contribution in [2.75, 3.05) is 16.8 Å². The number of pyridine rings is 1. The van der Waals surface area contributed by atoms with Gasteiger partial charge in [-0.2, -0.15) is 4.98 Å². The van der Waals surface area contributed by atoms with E-state index in [0.717, 1.165) is 42.5 Å². The summed E-state index contributed by atoms with van der Waals surface area (Å²) >= 11 is 0. The Bertz CT molecular complexity index is 863. The molecule has 1 aromatic carbocycles. The molecule has 2 aromatic heterocycles. The maximum absolute atomic E-state index is 4.73. The average molecular weight is 331 g/mol. The molecule has 126 valence electrons. The summed E-state index contributed by atoms with van der Waals surface area (Å²) in [7, 11) is 0. The van der Waals surface area contributed by atoms with Crippen molar-refractivity contribution in [2.24, 2.45) is 0 Å². The first kappa shape index (κ1) is 15.6. The zero-order chi connectivity index (χ0) is 17.1. The highest BCUT2D eigenvalue weighted by molar-refractivity contribution is 5.46. The van der Waals surface area contributed by atoms with E-state index in [4.69, 9.17) is 4.98 Å². The second-order valence-electron chi connectivity index (χ2n) is 6.35. The SMILES string of the molecule is Cc1cc(NCc2cccnc2)nc(N2CCc3ccccc3C2)n1. The van der Waals surface area contributed by atoms with Crippen LogP contribution in [0.3, 0.4) is 0 Å². The molecule has 0 saturated heterocycles. The van der Waals surface area contributed by atoms with E-state index in [-0.39, 0.29) is 0 Å². The van der Waals surface area contributed by atoms with E-state index in [9.17, 15) is 0 Å². The predicted octanol–water partition coefficient (Wildman–Crippen LogP) is 3.35. The van der Waals surface area contributed by atoms with Crippen LogP contribution in [-0.4, -0.2) is 21.5 Å². The predicted molar refractivity (Wildman–Crippen MR) is 99.5 cm³/mol. The molecule has 0 saturated carbocycles. The largest absolute Gasteiger partial charge is 0.366 e. The third-order valence-electron chi connectivity index (χ3n) is 4.45. The van der Waals surface area contributed by atoms with Gasteiger partial charge in [-0.15, -0.1) is 0 Å². The number of fused-ring (bicyclic) bond motifs is 1. The number of hydrogen-bond acceptors (Lipinski definition) is 5. The Morgan fingerprint density at radius 1 is 1.08 bits per heavy atom. The van der Waals surface area contributed by atoms with Crippen LogP contribution in [0.25, 0.3) is 0 Å². The summed E-state index contributed by atoms with van der Waals surface area (Å²) in [6, 6.07) is 14.6. The first-order valence-electron chi connectivity index (χ1n) is 8.58. The van der Waals surface area contributed by atoms with Crippen molar-refractivity contribution in [1.29, 1.82) is 0 Å². The van der Waals surface area contributed by atoms with E-state index in [1.807, 2.05) is 25.3 Å². The lowest BCUT2D eigenvalue weighted by molar-refractivity contribution is 0.706. The van der Waals surface area contributed by atoms with E-state index in [1.54, 1.807) is 6.20 Å². The second kappa shape index (κ2) is 6.89. The van der Waals surface area contributed by atoms with Gasteiger partial charge in [-0.1, -0.05) is 30.3 Å². The van der Waals surface area contributed by atoms with Crippen molar-refractivity contribution in [3.63, 3.8) is 0 Å². The molecule has 1 aliphatic rings. The monoisotopic (exact) mass is 331 g/mol. The summed E-state index contributed by atoms with van der Waals surface area (Å²) in [5.74, 6) is 1.65. The van der Waals surface area contributed by atoms with E-state index in [1.165, 1.54) is 11.1 Å². The molecular formula is C20H21N5. The number of rotatable bonds is 4. The van der Waals surface area contributed by atoms with Gasteiger partial charge in [0.05, 0.1) is 0 Å². The molecule has 0 fully saturated rings. The molecule has 0 radical (unpaired) electrons. The number of aryl methyl sites for hydroxylation is 1. The number of anilines is 2. The summed E-state index contributed by atoms with van der Waals surface area (Å²) in [4.78, 5) is 15.8. The molecule has 0 atom stereocenters. The van der Waals surface area contributed by atoms with Gasteiger partial charge in [0.2, 0.25) is 5.95 Å². The molecule has 5 heteroatoms. The van der Waals surface area contributed by atoms with E-state index in [2.05, 4.69) is 50.5 Å². The zero-order valence-corrected chi connectivity index (χ0v) is 14.3. The van der Waals surface area contributed by atoms with Gasteiger partial charge in [0.25, 0.3) is 0 Å². The number of aromatic nitrogens is 3. The number of hydrogen-bond donors (Lipinski definition) is 1. The minimum atomic E-state index is 0.701. The number of nitrogens with zero attached hydrogens (tertiary/aromatic N) is 4. The van der Waals surface area contributed by atoms with Crippen molar-refractivity contribution in [3.8, 4) is 0 Å². The van der Waals surface area contributed by atoms with Gasteiger partial charge in [0.15, 0.2) is 0 Å². The Labute approximate surface area is 147 Å². The number of benzene rings is 1. The smallest absolute Gasteiger partial charge is 0.227 e. The molecule has 0 aliphatic carbocycles. The van der Waals surface area contributed by atoms with Crippen LogP contribution in [0, 0.1) is 6.92 Å². The molecule has 1 aliphatic heterocycles. The Kier molecular flexibility index (Phi) is 4.29. The topological polar surface area (TPSA) is 53.9 Å². The Hall–Kier alpha value is -2.95. The first-order valence-corrected chi connectivity index (χ1v) is 8.58. The molecule has 1 N–H and O–H groups in total. The lowest BCUT2D eigenvalue weighted by Gasteiger charge is -2.29. The molecule has 5 nitrogen and oxygen atoms in total. The summed E-state index contributed by atoms with van der Waals surface area (Å²) in [5.41, 5.74) is 4.90. The highest BCUT2D eigenvalue weighted by Crippen LogP contribution is 2.23. The summed E-state index contributed by atoms with van der Waals surface area (Å²) < 4.78 is 0. The Balaban J connectivity index is 1.52. The van der Waals surface area contributed by atoms with Crippen LogP contribution in [0.1, 0.15) is 22.4 Å². The van der Waals surface area contributed by atoms with Crippen molar-refractivity contribution in [3.05, 3.63) is 77.2 Å². The lowest BCUT2D eigenvalue weighted by Crippen LogP contribution is -2.32. The van der Waals surface area contributed by atoms with Gasteiger partial charge >= 0.3 is 0 Å². The third-order valence-corrected chi connectivity index (χ3v) is 4.45. The molecular weight excluding hydrogens is 310 g/mol. The minimum absolute atomic E-state index is 0.701. The molecule has 3 aromatic rings. The quantitative estimate of drug-likeness (QED) is 0.794. The van der Waals surface area contributed by atoms with Gasteiger partial charge in [-0.25, -0.2) is 4.98 Å². The van der Waals surface area contributed by atoms with Crippen LogP contribution in [0.4, 0.5) is 11.8 Å². The van der Waals surface area contributed by atoms with Crippen molar-refractivity contribution in [1.82, 2.24) is 15.0 Å². The van der Waals surface area contributed by atoms with E-state index >= 15 is 0 Å². The van der Waals surface area contributed by atoms with Gasteiger partial charge in [-0.3, -0.25) is 4.98 Å². The van der Waals surface area contributed by atoms with Crippen molar-refractivity contribution in [2.45, 2.75) is 26.4 Å². The van der Waals surface area contributed by atoms with Crippen LogP contribution in [-0.2, 0) is 19.5 Å². The van der Waals surface area contributed by atoms with Crippen LogP contribution in [0.5, 0.6) is 0 Å². The standard InChI is InChI=1S/C20H21N5/c1-15-11-19(22-13-16-5-4-9-21-12-16)24-20(23-15)25-10-8-17-6-2-3-7-18(17)14-25/h2-7,9,11-12H,8,10,13-14H2,1H3,(H,22,23,24). The Morgan fingerprint density at radius 3 is 2.80 bits per heavy atom. The molecule has 4 rings (SSSR count). The highest BCUT2D eigenvalue weighted by Gasteiger charge is 2.18. The molecule has 3 heterocycles. The fourth-order valence-corrected chi connectivity index (χ4v) is 3.15.